The molecule has 0 saturated heterocycles. The molecule has 0 aliphatic heterocycles. The van der Waals surface area contributed by atoms with E-state index in [0.29, 0.717) is 0 Å². The molecule has 8 rings (SSSR count). The van der Waals surface area contributed by atoms with Crippen LogP contribution in [0.4, 0.5) is 0 Å². The molecule has 2 aromatic heterocycles. The van der Waals surface area contributed by atoms with E-state index in [9.17, 15) is 0 Å². The molecule has 3 heteroatoms. The van der Waals surface area contributed by atoms with Gasteiger partial charge in [0, 0.05) is 39.7 Å². The van der Waals surface area contributed by atoms with Crippen molar-refractivity contribution in [1.82, 2.24) is 9.97 Å². The minimum absolute atomic E-state index is 0.875. The summed E-state index contributed by atoms with van der Waals surface area (Å²) in [4.78, 5) is 9.31. The van der Waals surface area contributed by atoms with Gasteiger partial charge in [-0.3, -0.25) is 9.97 Å². The number of benzene rings is 6. The van der Waals surface area contributed by atoms with E-state index in [0.717, 1.165) is 77.1 Å². The summed E-state index contributed by atoms with van der Waals surface area (Å²) >= 11 is 0. The topological polar surface area (TPSA) is 38.9 Å². The van der Waals surface area contributed by atoms with Crippen molar-refractivity contribution in [1.29, 1.82) is 0 Å². The minimum atomic E-state index is 0.875. The summed E-state index contributed by atoms with van der Waals surface area (Å²) in [6.45, 7) is 6.12. The number of nitrogens with zero attached hydrogens (tertiary/aromatic N) is 2. The summed E-state index contributed by atoms with van der Waals surface area (Å²) in [6.07, 6.45) is 9.58. The maximum Gasteiger partial charge on any atom is 0.143 e. The molecule has 0 unspecified atom stereocenters. The van der Waals surface area contributed by atoms with Gasteiger partial charge in [-0.05, 0) is 57.8 Å². The predicted octanol–water partition coefficient (Wildman–Crippen LogP) is 11.4. The van der Waals surface area contributed by atoms with E-state index in [1.54, 1.807) is 12.4 Å². The summed E-state index contributed by atoms with van der Waals surface area (Å²) in [5.74, 6) is 0. The number of furan rings is 1. The first-order valence-corrected chi connectivity index (χ1v) is 14.8. The van der Waals surface area contributed by atoms with E-state index in [1.165, 1.54) is 11.1 Å². The maximum atomic E-state index is 6.27. The van der Waals surface area contributed by atoms with Gasteiger partial charge in [0.15, 0.2) is 0 Å². The Labute approximate surface area is 255 Å². The third-order valence-electron chi connectivity index (χ3n) is 8.50. The van der Waals surface area contributed by atoms with Gasteiger partial charge in [0.2, 0.25) is 0 Å². The second-order valence-corrected chi connectivity index (χ2v) is 11.0. The van der Waals surface area contributed by atoms with Gasteiger partial charge in [-0.1, -0.05) is 122 Å². The molecule has 0 aliphatic carbocycles. The van der Waals surface area contributed by atoms with Crippen LogP contribution in [0.1, 0.15) is 18.1 Å². The summed E-state index contributed by atoms with van der Waals surface area (Å²) in [5, 5.41) is 4.52. The highest BCUT2D eigenvalue weighted by Crippen LogP contribution is 2.38. The van der Waals surface area contributed by atoms with Gasteiger partial charge < -0.3 is 4.42 Å². The molecule has 0 saturated carbocycles. The van der Waals surface area contributed by atoms with Gasteiger partial charge in [0.25, 0.3) is 0 Å². The van der Waals surface area contributed by atoms with Crippen molar-refractivity contribution in [2.45, 2.75) is 6.92 Å². The average molecular weight is 565 g/mol. The van der Waals surface area contributed by atoms with Crippen molar-refractivity contribution in [2.75, 3.05) is 0 Å². The second kappa shape index (κ2) is 10.5. The SMILES string of the molecule is C=Cc1c(/C=C\C)c2cc(-c3ccc(-c4ccc(-c5cccc6c5oc5ccccc56)cc4)cc3)ccc2c2nccnc12. The molecule has 3 nitrogen and oxygen atoms in total. The molecular weight excluding hydrogens is 536 g/mol. The first-order valence-electron chi connectivity index (χ1n) is 14.8. The van der Waals surface area contributed by atoms with Crippen LogP contribution in [0.15, 0.2) is 139 Å². The zero-order chi connectivity index (χ0) is 29.6. The largest absolute Gasteiger partial charge is 0.455 e. The van der Waals surface area contributed by atoms with Crippen LogP contribution in [0.25, 0.3) is 89.3 Å². The lowest BCUT2D eigenvalue weighted by Crippen LogP contribution is -1.93. The van der Waals surface area contributed by atoms with Gasteiger partial charge in [0.1, 0.15) is 11.2 Å². The van der Waals surface area contributed by atoms with E-state index in [-0.39, 0.29) is 0 Å². The van der Waals surface area contributed by atoms with Crippen molar-refractivity contribution in [3.05, 3.63) is 145 Å². The molecule has 8 aromatic rings. The molecule has 208 valence electrons. The molecule has 0 N–H and O–H groups in total. The van der Waals surface area contributed by atoms with Crippen LogP contribution in [0.5, 0.6) is 0 Å². The molecule has 0 atom stereocenters. The summed E-state index contributed by atoms with van der Waals surface area (Å²) in [7, 11) is 0. The lowest BCUT2D eigenvalue weighted by Gasteiger charge is -2.13. The highest BCUT2D eigenvalue weighted by atomic mass is 16.3. The summed E-state index contributed by atoms with van der Waals surface area (Å²) in [5.41, 5.74) is 12.6. The summed E-state index contributed by atoms with van der Waals surface area (Å²) < 4.78 is 6.27. The number of rotatable bonds is 5. The molecule has 0 radical (unpaired) electrons. The van der Waals surface area contributed by atoms with Crippen molar-refractivity contribution >= 4 is 55.9 Å². The highest BCUT2D eigenvalue weighted by molar-refractivity contribution is 6.13. The minimum Gasteiger partial charge on any atom is -0.455 e. The predicted molar refractivity (Wildman–Crippen MR) is 185 cm³/mol. The van der Waals surface area contributed by atoms with Crippen LogP contribution in [-0.2, 0) is 0 Å². The van der Waals surface area contributed by atoms with E-state index in [4.69, 9.17) is 4.42 Å². The normalized spacial score (nSPS) is 11.8. The fourth-order valence-corrected chi connectivity index (χ4v) is 6.38. The lowest BCUT2D eigenvalue weighted by molar-refractivity contribution is 0.670. The molecule has 44 heavy (non-hydrogen) atoms. The van der Waals surface area contributed by atoms with Crippen molar-refractivity contribution < 1.29 is 4.42 Å². The van der Waals surface area contributed by atoms with E-state index in [1.807, 2.05) is 25.1 Å². The number of allylic oxidation sites excluding steroid dienone is 1. The molecule has 0 bridgehead atoms. The first-order chi connectivity index (χ1) is 21.7. The van der Waals surface area contributed by atoms with Crippen molar-refractivity contribution in [2.24, 2.45) is 0 Å². The van der Waals surface area contributed by atoms with Crippen LogP contribution >= 0.6 is 0 Å². The zero-order valence-corrected chi connectivity index (χ0v) is 24.3. The Kier molecular flexibility index (Phi) is 6.16. The first kappa shape index (κ1) is 25.9. The fraction of sp³-hybridized carbons (Fsp3) is 0.0244. The van der Waals surface area contributed by atoms with Crippen molar-refractivity contribution in [3.63, 3.8) is 0 Å². The number of fused-ring (bicyclic) bond motifs is 6. The van der Waals surface area contributed by atoms with Gasteiger partial charge in [-0.2, -0.15) is 0 Å². The van der Waals surface area contributed by atoms with Gasteiger partial charge in [-0.25, -0.2) is 0 Å². The highest BCUT2D eigenvalue weighted by Gasteiger charge is 2.15. The van der Waals surface area contributed by atoms with Gasteiger partial charge >= 0.3 is 0 Å². The molecule has 0 fully saturated rings. The third kappa shape index (κ3) is 4.13. The average Bonchev–Trinajstić information content (AvgIpc) is 3.47. The Morgan fingerprint density at radius 3 is 1.93 bits per heavy atom. The smallest absolute Gasteiger partial charge is 0.143 e. The summed E-state index contributed by atoms with van der Waals surface area (Å²) in [6, 6.07) is 38.7. The lowest BCUT2D eigenvalue weighted by atomic mass is 9.92. The molecule has 6 aromatic carbocycles. The Bertz CT molecular complexity index is 2390. The quantitative estimate of drug-likeness (QED) is 0.195. The van der Waals surface area contributed by atoms with Crippen molar-refractivity contribution in [3.8, 4) is 33.4 Å². The Balaban J connectivity index is 1.14. The number of para-hydroxylation sites is 2. The standard InChI is InChI=1S/C41H28N2O/c1-3-8-33-31(4-2)39-40(43-24-23-42-39)35-22-21-30(25-37(33)35)28-15-13-26(14-16-28)27-17-19-29(20-18-27)32-10-7-11-36-34-9-5-6-12-38(34)44-41(32)36/h3-25H,2H2,1H3/b8-3-. The number of hydrogen-bond donors (Lipinski definition) is 0. The number of aromatic nitrogens is 2. The van der Waals surface area contributed by atoms with Crippen LogP contribution < -0.4 is 0 Å². The van der Waals surface area contributed by atoms with E-state index >= 15 is 0 Å². The van der Waals surface area contributed by atoms with E-state index in [2.05, 4.69) is 126 Å². The van der Waals surface area contributed by atoms with Crippen LogP contribution in [0.3, 0.4) is 0 Å². The Hall–Kier alpha value is -5.80. The van der Waals surface area contributed by atoms with E-state index < -0.39 is 0 Å². The van der Waals surface area contributed by atoms with Gasteiger partial charge in [0.05, 0.1) is 11.0 Å². The fourth-order valence-electron chi connectivity index (χ4n) is 6.38. The molecular formula is C41H28N2O. The van der Waals surface area contributed by atoms with Crippen LogP contribution in [-0.4, -0.2) is 9.97 Å². The zero-order valence-electron chi connectivity index (χ0n) is 24.3. The van der Waals surface area contributed by atoms with Crippen LogP contribution in [0, 0.1) is 0 Å². The number of hydrogen-bond acceptors (Lipinski definition) is 3. The molecule has 0 amide bonds. The Morgan fingerprint density at radius 1 is 0.568 bits per heavy atom. The molecule has 2 heterocycles. The monoisotopic (exact) mass is 564 g/mol. The Morgan fingerprint density at radius 2 is 1.20 bits per heavy atom. The van der Waals surface area contributed by atoms with Gasteiger partial charge in [-0.15, -0.1) is 0 Å². The third-order valence-corrected chi connectivity index (χ3v) is 8.50. The molecule has 0 spiro atoms. The maximum absolute atomic E-state index is 6.27. The molecule has 0 aliphatic rings. The second-order valence-electron chi connectivity index (χ2n) is 11.0. The van der Waals surface area contributed by atoms with Crippen LogP contribution in [0.2, 0.25) is 0 Å².